The Morgan fingerprint density at radius 1 is 1.17 bits per heavy atom. The highest BCUT2D eigenvalue weighted by Crippen LogP contribution is 2.23. The minimum Gasteiger partial charge on any atom is -0.477 e. The van der Waals surface area contributed by atoms with Gasteiger partial charge in [-0.2, -0.15) is 0 Å². The molecule has 0 amide bonds. The van der Waals surface area contributed by atoms with Gasteiger partial charge in [0.1, 0.15) is 5.69 Å². The van der Waals surface area contributed by atoms with Gasteiger partial charge in [-0.3, -0.25) is 4.98 Å². The highest BCUT2D eigenvalue weighted by Gasteiger charge is 2.11. The molecule has 0 spiro atoms. The number of rotatable bonds is 2. The van der Waals surface area contributed by atoms with Crippen molar-refractivity contribution < 1.29 is 9.90 Å². The Balaban J connectivity index is 2.32. The molecule has 2 heterocycles. The van der Waals surface area contributed by atoms with Crippen molar-refractivity contribution in [1.29, 1.82) is 0 Å². The molecule has 1 N–H and O–H groups in total. The van der Waals surface area contributed by atoms with E-state index in [0.717, 1.165) is 16.5 Å². The first-order valence-corrected chi connectivity index (χ1v) is 5.51. The van der Waals surface area contributed by atoms with Crippen LogP contribution in [0.25, 0.3) is 16.5 Å². The lowest BCUT2D eigenvalue weighted by Gasteiger charge is -2.09. The van der Waals surface area contributed by atoms with Crippen molar-refractivity contribution in [2.24, 2.45) is 0 Å². The standard InChI is InChI=1S/C14H10N2O2/c17-14(18)13-5-2-8-16(13)12-4-1-3-10-9-15-7-6-11(10)12/h1-9H,(H,17,18). The summed E-state index contributed by atoms with van der Waals surface area (Å²) in [5, 5.41) is 11.1. The van der Waals surface area contributed by atoms with Gasteiger partial charge in [-0.15, -0.1) is 0 Å². The zero-order valence-electron chi connectivity index (χ0n) is 9.45. The van der Waals surface area contributed by atoms with E-state index in [-0.39, 0.29) is 5.69 Å². The maximum atomic E-state index is 11.2. The van der Waals surface area contributed by atoms with E-state index < -0.39 is 5.97 Å². The van der Waals surface area contributed by atoms with Crippen molar-refractivity contribution in [1.82, 2.24) is 9.55 Å². The summed E-state index contributed by atoms with van der Waals surface area (Å²) in [6, 6.07) is 10.9. The summed E-state index contributed by atoms with van der Waals surface area (Å²) in [5.41, 5.74) is 1.09. The number of hydrogen-bond donors (Lipinski definition) is 1. The lowest BCUT2D eigenvalue weighted by molar-refractivity contribution is 0.0688. The van der Waals surface area contributed by atoms with E-state index in [1.165, 1.54) is 0 Å². The highest BCUT2D eigenvalue weighted by atomic mass is 16.4. The lowest BCUT2D eigenvalue weighted by Crippen LogP contribution is -2.05. The SMILES string of the molecule is O=C(O)c1cccn1-c1cccc2cnccc12. The average molecular weight is 238 g/mol. The second-order valence-electron chi connectivity index (χ2n) is 3.94. The van der Waals surface area contributed by atoms with Crippen molar-refractivity contribution in [3.8, 4) is 5.69 Å². The predicted molar refractivity (Wildman–Crippen MR) is 68.0 cm³/mol. The van der Waals surface area contributed by atoms with E-state index in [9.17, 15) is 4.79 Å². The summed E-state index contributed by atoms with van der Waals surface area (Å²) in [5.74, 6) is -0.939. The number of carboxylic acid groups (broad SMARTS) is 1. The van der Waals surface area contributed by atoms with E-state index >= 15 is 0 Å². The number of fused-ring (bicyclic) bond motifs is 1. The Morgan fingerprint density at radius 2 is 2.06 bits per heavy atom. The van der Waals surface area contributed by atoms with E-state index in [0.29, 0.717) is 0 Å². The van der Waals surface area contributed by atoms with Crippen molar-refractivity contribution in [2.75, 3.05) is 0 Å². The molecule has 3 aromatic rings. The molecule has 0 aliphatic rings. The predicted octanol–water partition coefficient (Wildman–Crippen LogP) is 2.72. The first-order chi connectivity index (χ1) is 8.77. The van der Waals surface area contributed by atoms with Gasteiger partial charge in [0.2, 0.25) is 0 Å². The monoisotopic (exact) mass is 238 g/mol. The summed E-state index contributed by atoms with van der Waals surface area (Å²) in [4.78, 5) is 15.2. The molecule has 0 saturated carbocycles. The van der Waals surface area contributed by atoms with Crippen molar-refractivity contribution in [3.05, 3.63) is 60.7 Å². The van der Waals surface area contributed by atoms with Crippen LogP contribution in [-0.4, -0.2) is 20.6 Å². The zero-order valence-corrected chi connectivity index (χ0v) is 9.45. The first-order valence-electron chi connectivity index (χ1n) is 5.51. The fourth-order valence-corrected chi connectivity index (χ4v) is 2.08. The Kier molecular flexibility index (Phi) is 2.34. The maximum Gasteiger partial charge on any atom is 0.352 e. The smallest absolute Gasteiger partial charge is 0.352 e. The largest absolute Gasteiger partial charge is 0.477 e. The third-order valence-electron chi connectivity index (χ3n) is 2.89. The topological polar surface area (TPSA) is 55.1 Å². The van der Waals surface area contributed by atoms with Crippen LogP contribution in [0.15, 0.2) is 55.0 Å². The number of aromatic nitrogens is 2. The van der Waals surface area contributed by atoms with Crippen molar-refractivity contribution >= 4 is 16.7 Å². The van der Waals surface area contributed by atoms with Gasteiger partial charge < -0.3 is 9.67 Å². The van der Waals surface area contributed by atoms with E-state index in [1.807, 2.05) is 24.3 Å². The van der Waals surface area contributed by atoms with Gasteiger partial charge in [0.05, 0.1) is 5.69 Å². The number of hydrogen-bond acceptors (Lipinski definition) is 2. The van der Waals surface area contributed by atoms with Crippen LogP contribution in [0.5, 0.6) is 0 Å². The number of aromatic carboxylic acids is 1. The summed E-state index contributed by atoms with van der Waals surface area (Å²) in [6.07, 6.45) is 5.22. The van der Waals surface area contributed by atoms with Crippen LogP contribution in [0.2, 0.25) is 0 Å². The van der Waals surface area contributed by atoms with Crippen LogP contribution in [0.1, 0.15) is 10.5 Å². The molecule has 0 radical (unpaired) electrons. The van der Waals surface area contributed by atoms with Crippen molar-refractivity contribution in [2.45, 2.75) is 0 Å². The van der Waals surface area contributed by atoms with Crippen LogP contribution in [-0.2, 0) is 0 Å². The molecule has 2 aromatic heterocycles. The van der Waals surface area contributed by atoms with Crippen LogP contribution < -0.4 is 0 Å². The van der Waals surface area contributed by atoms with Gasteiger partial charge in [-0.05, 0) is 24.3 Å². The molecular formula is C14H10N2O2. The number of nitrogens with zero attached hydrogens (tertiary/aromatic N) is 2. The van der Waals surface area contributed by atoms with E-state index in [4.69, 9.17) is 5.11 Å². The summed E-state index contributed by atoms with van der Waals surface area (Å²) in [7, 11) is 0. The van der Waals surface area contributed by atoms with Gasteiger partial charge in [-0.25, -0.2) is 4.79 Å². The first kappa shape index (κ1) is 10.5. The molecule has 0 aliphatic carbocycles. The molecule has 0 bridgehead atoms. The molecular weight excluding hydrogens is 228 g/mol. The average Bonchev–Trinajstić information content (AvgIpc) is 2.87. The number of pyridine rings is 1. The molecule has 4 heteroatoms. The Bertz CT molecular complexity index is 726. The van der Waals surface area contributed by atoms with Crippen molar-refractivity contribution in [3.63, 3.8) is 0 Å². The molecule has 3 rings (SSSR count). The molecule has 0 unspecified atom stereocenters. The molecule has 88 valence electrons. The van der Waals surface area contributed by atoms with Gasteiger partial charge in [0.25, 0.3) is 0 Å². The van der Waals surface area contributed by atoms with Gasteiger partial charge in [0.15, 0.2) is 0 Å². The fraction of sp³-hybridized carbons (Fsp3) is 0. The minimum atomic E-state index is -0.939. The van der Waals surface area contributed by atoms with Crippen LogP contribution >= 0.6 is 0 Å². The van der Waals surface area contributed by atoms with Gasteiger partial charge in [-0.1, -0.05) is 12.1 Å². The summed E-state index contributed by atoms with van der Waals surface area (Å²) < 4.78 is 1.67. The normalized spacial score (nSPS) is 10.7. The molecule has 0 atom stereocenters. The maximum absolute atomic E-state index is 11.2. The van der Waals surface area contributed by atoms with Crippen LogP contribution in [0, 0.1) is 0 Å². The lowest BCUT2D eigenvalue weighted by atomic mass is 10.1. The number of benzene rings is 1. The molecule has 1 aromatic carbocycles. The molecule has 0 fully saturated rings. The Labute approximate surface area is 103 Å². The zero-order chi connectivity index (χ0) is 12.5. The number of carboxylic acids is 1. The quantitative estimate of drug-likeness (QED) is 0.746. The third kappa shape index (κ3) is 1.55. The summed E-state index contributed by atoms with van der Waals surface area (Å²) >= 11 is 0. The molecule has 4 nitrogen and oxygen atoms in total. The highest BCUT2D eigenvalue weighted by molar-refractivity contribution is 5.92. The number of carbonyl (C=O) groups is 1. The van der Waals surface area contributed by atoms with Crippen LogP contribution in [0.4, 0.5) is 0 Å². The van der Waals surface area contributed by atoms with Crippen LogP contribution in [0.3, 0.4) is 0 Å². The van der Waals surface area contributed by atoms with Gasteiger partial charge >= 0.3 is 5.97 Å². The second kappa shape index (κ2) is 4.00. The second-order valence-corrected chi connectivity index (χ2v) is 3.94. The van der Waals surface area contributed by atoms with Gasteiger partial charge in [0, 0.05) is 29.4 Å². The molecule has 0 aliphatic heterocycles. The molecule has 0 saturated heterocycles. The fourth-order valence-electron chi connectivity index (χ4n) is 2.08. The Hall–Kier alpha value is -2.62. The van der Waals surface area contributed by atoms with E-state index in [1.54, 1.807) is 35.3 Å². The summed E-state index contributed by atoms with van der Waals surface area (Å²) in [6.45, 7) is 0. The Morgan fingerprint density at radius 3 is 2.89 bits per heavy atom. The molecule has 18 heavy (non-hydrogen) atoms. The minimum absolute atomic E-state index is 0.249. The third-order valence-corrected chi connectivity index (χ3v) is 2.89. The van der Waals surface area contributed by atoms with E-state index in [2.05, 4.69) is 4.98 Å².